The zero-order valence-electron chi connectivity index (χ0n) is 18.3. The van der Waals surface area contributed by atoms with Crippen molar-refractivity contribution in [2.24, 2.45) is 5.92 Å². The highest BCUT2D eigenvalue weighted by Gasteiger charge is 2.61. The van der Waals surface area contributed by atoms with Gasteiger partial charge in [-0.3, -0.25) is 9.59 Å². The Labute approximate surface area is 191 Å². The summed E-state index contributed by atoms with van der Waals surface area (Å²) in [6.45, 7) is 0. The van der Waals surface area contributed by atoms with Crippen LogP contribution in [0.15, 0.2) is 96.6 Å². The predicted octanol–water partition coefficient (Wildman–Crippen LogP) is 3.99. The number of hydrogen-bond acceptors (Lipinski definition) is 6. The maximum absolute atomic E-state index is 13.8. The van der Waals surface area contributed by atoms with Gasteiger partial charge >= 0.3 is 11.9 Å². The second kappa shape index (κ2) is 9.12. The molecule has 0 amide bonds. The van der Waals surface area contributed by atoms with Crippen LogP contribution in [0, 0.1) is 5.92 Å². The fraction of sp³-hybridized carbons (Fsp3) is 0.148. The van der Waals surface area contributed by atoms with Crippen LogP contribution in [-0.2, 0) is 29.4 Å². The van der Waals surface area contributed by atoms with Gasteiger partial charge in [0.2, 0.25) is 0 Å². The molecule has 0 fully saturated rings. The fourth-order valence-corrected chi connectivity index (χ4v) is 4.46. The van der Waals surface area contributed by atoms with Crippen molar-refractivity contribution in [3.8, 4) is 0 Å². The first-order valence-electron chi connectivity index (χ1n) is 10.4. The van der Waals surface area contributed by atoms with Gasteiger partial charge in [-0.25, -0.2) is 4.79 Å². The van der Waals surface area contributed by atoms with E-state index in [1.54, 1.807) is 12.1 Å². The Balaban J connectivity index is 2.13. The minimum absolute atomic E-state index is 0.175. The molecular weight excluding hydrogens is 418 g/mol. The molecule has 0 saturated carbocycles. The molecule has 0 aromatic heterocycles. The Bertz CT molecular complexity index is 1210. The standard InChI is InChI=1S/C27H23NO5/c1-32-25(30)21-22(18-12-6-3-7-13-18)27(19-14-8-4-9-15-19,23(24(21)29)26(31)33-2)28-20-16-10-5-11-17-20/h3-17,23,28H,1-2H3/t23-,27-/m0/s1. The minimum atomic E-state index is -1.42. The van der Waals surface area contributed by atoms with Crippen LogP contribution in [-0.4, -0.2) is 31.9 Å². The number of ether oxygens (including phenoxy) is 2. The lowest BCUT2D eigenvalue weighted by Crippen LogP contribution is -2.47. The second-order valence-electron chi connectivity index (χ2n) is 7.59. The highest BCUT2D eigenvalue weighted by Crippen LogP contribution is 2.53. The van der Waals surface area contributed by atoms with E-state index in [0.29, 0.717) is 22.4 Å². The molecule has 6 nitrogen and oxygen atoms in total. The van der Waals surface area contributed by atoms with Crippen molar-refractivity contribution in [1.29, 1.82) is 0 Å². The van der Waals surface area contributed by atoms with Crippen molar-refractivity contribution in [2.45, 2.75) is 5.54 Å². The van der Waals surface area contributed by atoms with Crippen molar-refractivity contribution < 1.29 is 23.9 Å². The molecule has 0 saturated heterocycles. The molecular formula is C27H23NO5. The SMILES string of the molecule is COC(=O)C1=C(c2ccccc2)[C@@](Nc2ccccc2)(c2ccccc2)[C@H](C(=O)OC)C1=O. The van der Waals surface area contributed by atoms with E-state index in [4.69, 9.17) is 9.47 Å². The number of benzene rings is 3. The summed E-state index contributed by atoms with van der Waals surface area (Å²) in [4.78, 5) is 39.9. The second-order valence-corrected chi connectivity index (χ2v) is 7.59. The van der Waals surface area contributed by atoms with Gasteiger partial charge in [-0.15, -0.1) is 0 Å². The first-order valence-corrected chi connectivity index (χ1v) is 10.4. The van der Waals surface area contributed by atoms with Gasteiger partial charge in [0.25, 0.3) is 0 Å². The van der Waals surface area contributed by atoms with Crippen molar-refractivity contribution >= 4 is 29.0 Å². The number of esters is 2. The number of hydrogen-bond donors (Lipinski definition) is 1. The Morgan fingerprint density at radius 2 is 1.33 bits per heavy atom. The van der Waals surface area contributed by atoms with E-state index in [1.807, 2.05) is 78.9 Å². The molecule has 166 valence electrons. The van der Waals surface area contributed by atoms with Crippen LogP contribution in [0.2, 0.25) is 0 Å². The van der Waals surface area contributed by atoms with Gasteiger partial charge in [-0.2, -0.15) is 0 Å². The zero-order chi connectivity index (χ0) is 23.4. The monoisotopic (exact) mass is 441 g/mol. The van der Waals surface area contributed by atoms with Crippen LogP contribution >= 0.6 is 0 Å². The highest BCUT2D eigenvalue weighted by atomic mass is 16.5. The number of nitrogens with one attached hydrogen (secondary N) is 1. The number of Topliss-reactive ketones (excluding diaryl/α,β-unsaturated/α-hetero) is 1. The van der Waals surface area contributed by atoms with Gasteiger partial charge in [0.05, 0.1) is 14.2 Å². The van der Waals surface area contributed by atoms with Crippen molar-refractivity contribution in [3.05, 3.63) is 108 Å². The molecule has 0 bridgehead atoms. The molecule has 1 aliphatic carbocycles. The van der Waals surface area contributed by atoms with Crippen molar-refractivity contribution in [3.63, 3.8) is 0 Å². The molecule has 33 heavy (non-hydrogen) atoms. The number of rotatable bonds is 6. The third kappa shape index (κ3) is 3.69. The Kier molecular flexibility index (Phi) is 6.09. The molecule has 0 aliphatic heterocycles. The van der Waals surface area contributed by atoms with E-state index in [1.165, 1.54) is 14.2 Å². The number of ketones is 1. The van der Waals surface area contributed by atoms with Crippen LogP contribution in [0.3, 0.4) is 0 Å². The maximum Gasteiger partial charge on any atom is 0.341 e. The summed E-state index contributed by atoms with van der Waals surface area (Å²) in [5, 5.41) is 3.44. The van der Waals surface area contributed by atoms with E-state index >= 15 is 0 Å². The molecule has 1 N–H and O–H groups in total. The third-order valence-electron chi connectivity index (χ3n) is 5.82. The van der Waals surface area contributed by atoms with Crippen LogP contribution in [0.1, 0.15) is 11.1 Å². The number of carbonyl (C=O) groups is 3. The van der Waals surface area contributed by atoms with Gasteiger partial charge in [-0.05, 0) is 23.3 Å². The third-order valence-corrected chi connectivity index (χ3v) is 5.82. The first-order chi connectivity index (χ1) is 16.0. The summed E-state index contributed by atoms with van der Waals surface area (Å²) in [5.41, 5.74) is 0.692. The quantitative estimate of drug-likeness (QED) is 0.354. The van der Waals surface area contributed by atoms with E-state index in [2.05, 4.69) is 5.32 Å². The van der Waals surface area contributed by atoms with Gasteiger partial charge in [-0.1, -0.05) is 78.9 Å². The minimum Gasteiger partial charge on any atom is -0.468 e. The molecule has 3 aromatic carbocycles. The normalized spacial score (nSPS) is 19.8. The zero-order valence-corrected chi connectivity index (χ0v) is 18.3. The fourth-order valence-electron chi connectivity index (χ4n) is 4.46. The van der Waals surface area contributed by atoms with Gasteiger partial charge < -0.3 is 14.8 Å². The van der Waals surface area contributed by atoms with Gasteiger partial charge in [0, 0.05) is 11.3 Å². The summed E-state index contributed by atoms with van der Waals surface area (Å²) in [5.74, 6) is -3.56. The first kappa shape index (κ1) is 22.0. The van der Waals surface area contributed by atoms with Crippen LogP contribution in [0.5, 0.6) is 0 Å². The number of methoxy groups -OCH3 is 2. The van der Waals surface area contributed by atoms with E-state index in [9.17, 15) is 14.4 Å². The van der Waals surface area contributed by atoms with Crippen LogP contribution in [0.4, 0.5) is 5.69 Å². The Hall–Kier alpha value is -4.19. The van der Waals surface area contributed by atoms with Crippen molar-refractivity contribution in [2.75, 3.05) is 19.5 Å². The largest absolute Gasteiger partial charge is 0.468 e. The number of para-hydroxylation sites is 1. The molecule has 0 radical (unpaired) electrons. The Morgan fingerprint density at radius 1 is 0.788 bits per heavy atom. The maximum atomic E-state index is 13.8. The molecule has 2 atom stereocenters. The Morgan fingerprint density at radius 3 is 1.88 bits per heavy atom. The lowest BCUT2D eigenvalue weighted by molar-refractivity contribution is -0.150. The highest BCUT2D eigenvalue weighted by molar-refractivity contribution is 6.32. The lowest BCUT2D eigenvalue weighted by atomic mass is 9.73. The predicted molar refractivity (Wildman–Crippen MR) is 124 cm³/mol. The summed E-state index contributed by atoms with van der Waals surface area (Å²) >= 11 is 0. The van der Waals surface area contributed by atoms with E-state index in [-0.39, 0.29) is 5.57 Å². The van der Waals surface area contributed by atoms with Crippen LogP contribution in [0.25, 0.3) is 5.57 Å². The van der Waals surface area contributed by atoms with E-state index < -0.39 is 29.2 Å². The van der Waals surface area contributed by atoms with E-state index in [0.717, 1.165) is 0 Å². The molecule has 4 rings (SSSR count). The average molecular weight is 441 g/mol. The molecule has 6 heteroatoms. The van der Waals surface area contributed by atoms with Crippen LogP contribution < -0.4 is 5.32 Å². The summed E-state index contributed by atoms with van der Waals surface area (Å²) in [6, 6.07) is 27.4. The summed E-state index contributed by atoms with van der Waals surface area (Å²) in [7, 11) is 2.44. The van der Waals surface area contributed by atoms with Gasteiger partial charge in [0.1, 0.15) is 11.1 Å². The summed E-state index contributed by atoms with van der Waals surface area (Å²) in [6.07, 6.45) is 0. The average Bonchev–Trinajstić information content (AvgIpc) is 3.13. The molecule has 0 unspecified atom stereocenters. The van der Waals surface area contributed by atoms with Gasteiger partial charge in [0.15, 0.2) is 11.7 Å². The lowest BCUT2D eigenvalue weighted by Gasteiger charge is -2.38. The molecule has 0 spiro atoms. The number of anilines is 1. The summed E-state index contributed by atoms with van der Waals surface area (Å²) < 4.78 is 10.1. The smallest absolute Gasteiger partial charge is 0.341 e. The topological polar surface area (TPSA) is 81.7 Å². The molecule has 3 aromatic rings. The molecule has 1 aliphatic rings. The van der Waals surface area contributed by atoms with Crippen molar-refractivity contribution in [1.82, 2.24) is 0 Å². The molecule has 0 heterocycles. The number of carbonyl (C=O) groups excluding carboxylic acids is 3.